The molecule has 0 aliphatic rings. The van der Waals surface area contributed by atoms with E-state index in [2.05, 4.69) is 15.0 Å². The van der Waals surface area contributed by atoms with Crippen LogP contribution in [0.4, 0.5) is 4.53 Å². The molecule has 1 unspecified atom stereocenters. The minimum atomic E-state index is -1.13. The molecule has 1 atom stereocenters. The van der Waals surface area contributed by atoms with Crippen LogP contribution in [0.2, 0.25) is 0 Å². The van der Waals surface area contributed by atoms with Crippen LogP contribution < -0.4 is 5.32 Å². The van der Waals surface area contributed by atoms with Crippen molar-refractivity contribution in [3.63, 3.8) is 0 Å². The van der Waals surface area contributed by atoms with Crippen LogP contribution in [0.15, 0.2) is 0 Å². The van der Waals surface area contributed by atoms with Crippen molar-refractivity contribution in [1.82, 2.24) is 5.32 Å². The smallest absolute Gasteiger partial charge is 0.366 e. The summed E-state index contributed by atoms with van der Waals surface area (Å²) < 4.78 is 16.0. The molecule has 13 heavy (non-hydrogen) atoms. The number of rotatable bonds is 5. The second-order valence-electron chi connectivity index (χ2n) is 2.25. The zero-order valence-electron chi connectivity index (χ0n) is 7.50. The van der Waals surface area contributed by atoms with Gasteiger partial charge in [0.15, 0.2) is 0 Å². The Morgan fingerprint density at radius 1 is 1.54 bits per heavy atom. The van der Waals surface area contributed by atoms with E-state index in [-0.39, 0.29) is 13.0 Å². The molecule has 1 N–H and O–H groups in total. The van der Waals surface area contributed by atoms with Crippen LogP contribution in [-0.2, 0) is 19.3 Å². The number of likely N-dealkylation sites (N-methyl/N-ethyl adjacent to an activating group) is 1. The number of nitrogens with one attached hydrogen (secondary N) is 1. The standard InChI is InChI=1S/C7H12FNO4/c1-3-12-6(10)4-5(9-2)7(11)13-8/h5,9H,3-4H2,1-2H3. The predicted molar refractivity (Wildman–Crippen MR) is 41.3 cm³/mol. The number of halogens is 1. The molecule has 0 fully saturated rings. The first kappa shape index (κ1) is 11.8. The number of carbonyl (C=O) groups is 2. The molecule has 5 nitrogen and oxygen atoms in total. The molecule has 0 aromatic carbocycles. The van der Waals surface area contributed by atoms with Crippen LogP contribution in [0.5, 0.6) is 0 Å². The summed E-state index contributed by atoms with van der Waals surface area (Å²) in [7, 11) is 1.42. The highest BCUT2D eigenvalue weighted by atomic mass is 19.3. The number of hydrogen-bond acceptors (Lipinski definition) is 5. The third-order valence-electron chi connectivity index (χ3n) is 1.39. The Kier molecular flexibility index (Phi) is 5.79. The van der Waals surface area contributed by atoms with Gasteiger partial charge in [-0.15, -0.1) is 0 Å². The van der Waals surface area contributed by atoms with Crippen molar-refractivity contribution >= 4 is 11.9 Å². The van der Waals surface area contributed by atoms with E-state index in [1.807, 2.05) is 0 Å². The first-order chi connectivity index (χ1) is 6.15. The molecule has 0 heterocycles. The lowest BCUT2D eigenvalue weighted by Crippen LogP contribution is -2.36. The largest absolute Gasteiger partial charge is 0.466 e. The lowest BCUT2D eigenvalue weighted by atomic mass is 10.2. The summed E-state index contributed by atoms with van der Waals surface area (Å²) in [5.41, 5.74) is 0. The molecule has 6 heteroatoms. The zero-order chi connectivity index (χ0) is 10.3. The highest BCUT2D eigenvalue weighted by molar-refractivity contribution is 5.82. The average molecular weight is 193 g/mol. The summed E-state index contributed by atoms with van der Waals surface area (Å²) in [4.78, 5) is 24.4. The van der Waals surface area contributed by atoms with Gasteiger partial charge >= 0.3 is 11.9 Å². The first-order valence-corrected chi connectivity index (χ1v) is 3.81. The maximum atomic E-state index is 11.4. The quantitative estimate of drug-likeness (QED) is 0.620. The summed E-state index contributed by atoms with van der Waals surface area (Å²) in [5, 5.41) is 2.43. The number of esters is 1. The fourth-order valence-corrected chi connectivity index (χ4v) is 0.744. The molecule has 0 radical (unpaired) electrons. The predicted octanol–water partition coefficient (Wildman–Crippen LogP) is -0.0447. The van der Waals surface area contributed by atoms with Gasteiger partial charge in [-0.3, -0.25) is 9.74 Å². The topological polar surface area (TPSA) is 64.6 Å². The maximum Gasteiger partial charge on any atom is 0.366 e. The van der Waals surface area contributed by atoms with Crippen molar-refractivity contribution in [2.45, 2.75) is 19.4 Å². The van der Waals surface area contributed by atoms with E-state index in [1.54, 1.807) is 6.92 Å². The molecule has 0 saturated heterocycles. The lowest BCUT2D eigenvalue weighted by Gasteiger charge is -2.09. The van der Waals surface area contributed by atoms with E-state index < -0.39 is 18.0 Å². The van der Waals surface area contributed by atoms with Crippen LogP contribution in [-0.4, -0.2) is 31.6 Å². The van der Waals surface area contributed by atoms with Crippen molar-refractivity contribution in [3.8, 4) is 0 Å². The Labute approximate surface area is 75.1 Å². The SMILES string of the molecule is CCOC(=O)CC(NC)C(=O)OF. The second-order valence-corrected chi connectivity index (χ2v) is 2.25. The molecule has 0 aliphatic heterocycles. The Bertz CT molecular complexity index is 185. The van der Waals surface area contributed by atoms with Crippen molar-refractivity contribution in [3.05, 3.63) is 0 Å². The second kappa shape index (κ2) is 6.36. The van der Waals surface area contributed by atoms with E-state index in [4.69, 9.17) is 0 Å². The fraction of sp³-hybridized carbons (Fsp3) is 0.714. The van der Waals surface area contributed by atoms with Crippen molar-refractivity contribution in [1.29, 1.82) is 0 Å². The van der Waals surface area contributed by atoms with Gasteiger partial charge in [-0.2, -0.15) is 0 Å². The highest BCUT2D eigenvalue weighted by Crippen LogP contribution is 1.97. The summed E-state index contributed by atoms with van der Waals surface area (Å²) in [6.07, 6.45) is -0.243. The van der Waals surface area contributed by atoms with Gasteiger partial charge in [-0.1, -0.05) is 0 Å². The Hall–Kier alpha value is -1.17. The van der Waals surface area contributed by atoms with E-state index >= 15 is 0 Å². The molecular formula is C7H12FNO4. The minimum absolute atomic E-state index is 0.222. The van der Waals surface area contributed by atoms with Gasteiger partial charge in [0.25, 0.3) is 0 Å². The van der Waals surface area contributed by atoms with Gasteiger partial charge < -0.3 is 10.1 Å². The monoisotopic (exact) mass is 193 g/mol. The number of carbonyl (C=O) groups excluding carboxylic acids is 2. The van der Waals surface area contributed by atoms with E-state index in [0.29, 0.717) is 0 Å². The molecule has 0 spiro atoms. The lowest BCUT2D eigenvalue weighted by molar-refractivity contribution is -0.187. The van der Waals surface area contributed by atoms with Crippen molar-refractivity contribution < 1.29 is 23.8 Å². The van der Waals surface area contributed by atoms with Crippen LogP contribution in [0.3, 0.4) is 0 Å². The fourth-order valence-electron chi connectivity index (χ4n) is 0.744. The molecule has 0 amide bonds. The van der Waals surface area contributed by atoms with Crippen molar-refractivity contribution in [2.75, 3.05) is 13.7 Å². The molecule has 0 aliphatic carbocycles. The Balaban J connectivity index is 3.97. The van der Waals surface area contributed by atoms with E-state index in [9.17, 15) is 14.1 Å². The molecule has 0 aromatic heterocycles. The maximum absolute atomic E-state index is 11.4. The number of ether oxygens (including phenoxy) is 1. The molecular weight excluding hydrogens is 181 g/mol. The minimum Gasteiger partial charge on any atom is -0.466 e. The molecule has 0 saturated carbocycles. The van der Waals surface area contributed by atoms with Gasteiger partial charge in [0.1, 0.15) is 6.04 Å². The molecule has 0 rings (SSSR count). The molecule has 76 valence electrons. The van der Waals surface area contributed by atoms with Crippen molar-refractivity contribution in [2.24, 2.45) is 0 Å². The third kappa shape index (κ3) is 4.41. The van der Waals surface area contributed by atoms with Gasteiger partial charge in [0, 0.05) is 4.53 Å². The first-order valence-electron chi connectivity index (χ1n) is 3.81. The summed E-state index contributed by atoms with van der Waals surface area (Å²) in [6, 6.07) is -0.996. The highest BCUT2D eigenvalue weighted by Gasteiger charge is 2.22. The zero-order valence-corrected chi connectivity index (χ0v) is 7.50. The normalized spacial score (nSPS) is 11.9. The van der Waals surface area contributed by atoms with Gasteiger partial charge in [-0.25, -0.2) is 4.79 Å². The van der Waals surface area contributed by atoms with Crippen LogP contribution >= 0.6 is 0 Å². The van der Waals surface area contributed by atoms with E-state index in [0.717, 1.165) is 0 Å². The van der Waals surface area contributed by atoms with Gasteiger partial charge in [-0.05, 0) is 14.0 Å². The Morgan fingerprint density at radius 3 is 2.54 bits per heavy atom. The Morgan fingerprint density at radius 2 is 2.15 bits per heavy atom. The summed E-state index contributed by atoms with van der Waals surface area (Å²) in [5.74, 6) is -1.71. The number of hydrogen-bond donors (Lipinski definition) is 1. The van der Waals surface area contributed by atoms with Crippen LogP contribution in [0.1, 0.15) is 13.3 Å². The van der Waals surface area contributed by atoms with E-state index in [1.165, 1.54) is 7.05 Å². The molecule has 0 aromatic rings. The van der Waals surface area contributed by atoms with Gasteiger partial charge in [0.2, 0.25) is 0 Å². The van der Waals surface area contributed by atoms with Crippen LogP contribution in [0.25, 0.3) is 0 Å². The van der Waals surface area contributed by atoms with Gasteiger partial charge in [0.05, 0.1) is 13.0 Å². The summed E-state index contributed by atoms with van der Waals surface area (Å²) >= 11 is 0. The third-order valence-corrected chi connectivity index (χ3v) is 1.39. The average Bonchev–Trinajstić information content (AvgIpc) is 2.13. The summed E-state index contributed by atoms with van der Waals surface area (Å²) in [6.45, 7) is 1.86. The molecule has 0 bridgehead atoms. The van der Waals surface area contributed by atoms with Crippen LogP contribution in [0, 0.1) is 0 Å².